The van der Waals surface area contributed by atoms with Gasteiger partial charge in [-0.05, 0) is 24.3 Å². The highest BCUT2D eigenvalue weighted by Crippen LogP contribution is 2.29. The summed E-state index contributed by atoms with van der Waals surface area (Å²) in [5.41, 5.74) is -1.07. The molecule has 0 spiro atoms. The number of fused-ring (bicyclic) bond motifs is 1. The van der Waals surface area contributed by atoms with Crippen LogP contribution in [0.15, 0.2) is 46.4 Å². The van der Waals surface area contributed by atoms with Crippen molar-refractivity contribution in [1.82, 2.24) is 38.7 Å². The molecule has 0 amide bonds. The Kier molecular flexibility index (Phi) is 6.25. The Labute approximate surface area is 216 Å². The number of nitrogens with one attached hydrogen (secondary N) is 1. The maximum Gasteiger partial charge on any atom is 0.355 e. The summed E-state index contributed by atoms with van der Waals surface area (Å²) in [5.74, 6) is -2.44. The van der Waals surface area contributed by atoms with Crippen molar-refractivity contribution in [2.45, 2.75) is 13.1 Å². The molecule has 5 rings (SSSR count). The number of aromatic nitrogens is 8. The van der Waals surface area contributed by atoms with Gasteiger partial charge in [-0.1, -0.05) is 23.2 Å². The zero-order valence-corrected chi connectivity index (χ0v) is 20.8. The normalized spacial score (nSPS) is 11.4. The quantitative estimate of drug-likeness (QED) is 0.325. The van der Waals surface area contributed by atoms with Crippen LogP contribution in [0.1, 0.15) is 11.4 Å². The summed E-state index contributed by atoms with van der Waals surface area (Å²) in [6.45, 7) is -0.791. The second-order valence-electron chi connectivity index (χ2n) is 8.19. The third kappa shape index (κ3) is 4.82. The molecule has 0 unspecified atom stereocenters. The van der Waals surface area contributed by atoms with Gasteiger partial charge in [-0.3, -0.25) is 13.9 Å². The van der Waals surface area contributed by atoms with E-state index in [1.54, 1.807) is 37.1 Å². The average Bonchev–Trinajstić information content (AvgIpc) is 3.40. The molecule has 37 heavy (non-hydrogen) atoms. The molecule has 1 N–H and O–H groups in total. The molecule has 0 saturated heterocycles. The van der Waals surface area contributed by atoms with Crippen LogP contribution < -0.4 is 16.7 Å². The lowest BCUT2D eigenvalue weighted by molar-refractivity contribution is 0.490. The molecule has 0 fully saturated rings. The van der Waals surface area contributed by atoms with E-state index in [2.05, 4.69) is 25.5 Å². The van der Waals surface area contributed by atoms with E-state index in [4.69, 9.17) is 23.2 Å². The number of rotatable bonds is 6. The Bertz CT molecular complexity index is 1790. The molecule has 3 aromatic heterocycles. The number of hydrogen-bond donors (Lipinski definition) is 1. The molecule has 15 heteroatoms. The molecule has 0 atom stereocenters. The highest BCUT2D eigenvalue weighted by molar-refractivity contribution is 6.34. The number of hydrogen-bond acceptors (Lipinski definition) is 7. The SMILES string of the molecule is Cn1cnc(Cn2c(=O)nc(Nc3cc4cn(C)nc4cc3Cl)n(Cc3cc(Cl)cc(F)c3F)c2=O)n1. The molecule has 190 valence electrons. The minimum absolute atomic E-state index is 0.0690. The van der Waals surface area contributed by atoms with Gasteiger partial charge in [0.25, 0.3) is 0 Å². The van der Waals surface area contributed by atoms with E-state index in [0.29, 0.717) is 11.2 Å². The van der Waals surface area contributed by atoms with Crippen LogP contribution >= 0.6 is 23.2 Å². The summed E-state index contributed by atoms with van der Waals surface area (Å²) in [6, 6.07) is 5.25. The van der Waals surface area contributed by atoms with Gasteiger partial charge < -0.3 is 5.32 Å². The van der Waals surface area contributed by atoms with Gasteiger partial charge in [0, 0.05) is 36.3 Å². The monoisotopic (exact) mass is 547 g/mol. The minimum Gasteiger partial charge on any atom is -0.324 e. The molecule has 0 aliphatic heterocycles. The molecule has 0 aliphatic rings. The van der Waals surface area contributed by atoms with Crippen molar-refractivity contribution < 1.29 is 8.78 Å². The van der Waals surface area contributed by atoms with Crippen molar-refractivity contribution in [3.05, 3.63) is 90.8 Å². The van der Waals surface area contributed by atoms with Gasteiger partial charge >= 0.3 is 11.4 Å². The summed E-state index contributed by atoms with van der Waals surface area (Å²) in [5, 5.41) is 12.1. The maximum atomic E-state index is 14.6. The lowest BCUT2D eigenvalue weighted by Crippen LogP contribution is -2.43. The van der Waals surface area contributed by atoms with E-state index in [9.17, 15) is 18.4 Å². The third-order valence-electron chi connectivity index (χ3n) is 5.45. The fourth-order valence-corrected chi connectivity index (χ4v) is 4.21. The van der Waals surface area contributed by atoms with Crippen LogP contribution in [-0.4, -0.2) is 38.7 Å². The van der Waals surface area contributed by atoms with Gasteiger partial charge in [0.2, 0.25) is 5.95 Å². The first-order valence-corrected chi connectivity index (χ1v) is 11.4. The molecule has 2 aromatic carbocycles. The van der Waals surface area contributed by atoms with Crippen molar-refractivity contribution in [3.8, 4) is 0 Å². The van der Waals surface area contributed by atoms with E-state index in [1.807, 2.05) is 0 Å². The summed E-state index contributed by atoms with van der Waals surface area (Å²) < 4.78 is 33.4. The fourth-order valence-electron chi connectivity index (χ4n) is 3.78. The van der Waals surface area contributed by atoms with E-state index < -0.39 is 29.6 Å². The van der Waals surface area contributed by atoms with Crippen LogP contribution in [0.4, 0.5) is 20.4 Å². The third-order valence-corrected chi connectivity index (χ3v) is 5.98. The second-order valence-corrected chi connectivity index (χ2v) is 9.03. The first-order valence-electron chi connectivity index (χ1n) is 10.7. The van der Waals surface area contributed by atoms with Crippen molar-refractivity contribution in [2.75, 3.05) is 5.32 Å². The van der Waals surface area contributed by atoms with Crippen LogP contribution in [0.5, 0.6) is 0 Å². The zero-order valence-electron chi connectivity index (χ0n) is 19.3. The summed E-state index contributed by atoms with van der Waals surface area (Å²) >= 11 is 12.3. The average molecular weight is 548 g/mol. The number of nitrogens with zero attached hydrogens (tertiary/aromatic N) is 8. The summed E-state index contributed by atoms with van der Waals surface area (Å²) in [6.07, 6.45) is 3.16. The number of aryl methyl sites for hydroxylation is 2. The Morgan fingerprint density at radius 2 is 1.76 bits per heavy atom. The van der Waals surface area contributed by atoms with Crippen LogP contribution in [0.3, 0.4) is 0 Å². The Morgan fingerprint density at radius 3 is 2.49 bits per heavy atom. The van der Waals surface area contributed by atoms with Gasteiger partial charge in [0.15, 0.2) is 17.5 Å². The lowest BCUT2D eigenvalue weighted by atomic mass is 10.2. The standard InChI is InChI=1S/C22H17Cl2F2N9O2/c1-32-7-11-4-17(14(24)6-16(11)30-32)28-20-29-21(36)35(9-18-27-10-33(2)31-18)22(37)34(20)8-12-3-13(23)5-15(25)19(12)26/h3-7,10H,8-9H2,1-2H3,(H,28,29,36). The Balaban J connectivity index is 1.65. The first-order chi connectivity index (χ1) is 17.6. The van der Waals surface area contributed by atoms with Crippen molar-refractivity contribution in [3.63, 3.8) is 0 Å². The van der Waals surface area contributed by atoms with E-state index in [0.717, 1.165) is 20.6 Å². The van der Waals surface area contributed by atoms with Gasteiger partial charge in [-0.25, -0.2) is 27.9 Å². The highest BCUT2D eigenvalue weighted by Gasteiger charge is 2.19. The number of halogens is 4. The molecule has 5 aromatic rings. The molecular formula is C22H17Cl2F2N9O2. The molecule has 11 nitrogen and oxygen atoms in total. The van der Waals surface area contributed by atoms with Crippen LogP contribution in [0.2, 0.25) is 10.0 Å². The second kappa shape index (κ2) is 9.41. The van der Waals surface area contributed by atoms with Gasteiger partial charge in [0.1, 0.15) is 6.33 Å². The smallest absolute Gasteiger partial charge is 0.324 e. The fraction of sp³-hybridized carbons (Fsp3) is 0.182. The zero-order chi connectivity index (χ0) is 26.4. The first kappa shape index (κ1) is 24.6. The molecule has 0 radical (unpaired) electrons. The van der Waals surface area contributed by atoms with Crippen molar-refractivity contribution in [1.29, 1.82) is 0 Å². The lowest BCUT2D eigenvalue weighted by Gasteiger charge is -2.16. The summed E-state index contributed by atoms with van der Waals surface area (Å²) in [7, 11) is 3.37. The van der Waals surface area contributed by atoms with Crippen LogP contribution in [0, 0.1) is 11.6 Å². The molecule has 0 bridgehead atoms. The van der Waals surface area contributed by atoms with Crippen LogP contribution in [-0.2, 0) is 27.2 Å². The molecule has 0 saturated carbocycles. The maximum absolute atomic E-state index is 14.6. The highest BCUT2D eigenvalue weighted by atomic mass is 35.5. The largest absolute Gasteiger partial charge is 0.355 e. The molecule has 0 aliphatic carbocycles. The Hall–Kier alpha value is -4.10. The van der Waals surface area contributed by atoms with Crippen molar-refractivity contribution >= 4 is 45.7 Å². The molecular weight excluding hydrogens is 531 g/mol. The van der Waals surface area contributed by atoms with Gasteiger partial charge in [0.05, 0.1) is 29.3 Å². The van der Waals surface area contributed by atoms with Crippen LogP contribution in [0.25, 0.3) is 10.9 Å². The topological polar surface area (TPSA) is 117 Å². The molecule has 3 heterocycles. The van der Waals surface area contributed by atoms with Gasteiger partial charge in [-0.2, -0.15) is 15.2 Å². The van der Waals surface area contributed by atoms with E-state index >= 15 is 0 Å². The predicted molar refractivity (Wildman–Crippen MR) is 132 cm³/mol. The van der Waals surface area contributed by atoms with Crippen molar-refractivity contribution in [2.24, 2.45) is 14.1 Å². The number of anilines is 2. The van der Waals surface area contributed by atoms with Gasteiger partial charge in [-0.15, -0.1) is 0 Å². The Morgan fingerprint density at radius 1 is 0.973 bits per heavy atom. The number of benzene rings is 2. The van der Waals surface area contributed by atoms with E-state index in [1.165, 1.54) is 17.1 Å². The van der Waals surface area contributed by atoms with E-state index in [-0.39, 0.29) is 33.9 Å². The summed E-state index contributed by atoms with van der Waals surface area (Å²) in [4.78, 5) is 34.4. The minimum atomic E-state index is -1.19. The predicted octanol–water partition coefficient (Wildman–Crippen LogP) is 2.85.